The lowest BCUT2D eigenvalue weighted by molar-refractivity contribution is -0.146. The fourth-order valence-electron chi connectivity index (χ4n) is 4.13. The average molecular weight is 376 g/mol. The van der Waals surface area contributed by atoms with Crippen LogP contribution in [0.15, 0.2) is 0 Å². The van der Waals surface area contributed by atoms with Crippen molar-refractivity contribution >= 4 is 36.0 Å². The summed E-state index contributed by atoms with van der Waals surface area (Å²) in [6.45, 7) is 3.63. The second-order valence-electron chi connectivity index (χ2n) is 7.33. The molecule has 1 aliphatic carbocycles. The molecular formula is C17H30ClN3O2S. The van der Waals surface area contributed by atoms with Gasteiger partial charge in [0.1, 0.15) is 6.04 Å². The van der Waals surface area contributed by atoms with Crippen molar-refractivity contribution in [2.24, 2.45) is 17.6 Å². The number of halogens is 1. The Morgan fingerprint density at radius 1 is 1.08 bits per heavy atom. The summed E-state index contributed by atoms with van der Waals surface area (Å²) in [4.78, 5) is 29.4. The van der Waals surface area contributed by atoms with Gasteiger partial charge < -0.3 is 15.5 Å². The Hall–Kier alpha value is -0.460. The Balaban J connectivity index is 0.00000208. The van der Waals surface area contributed by atoms with Gasteiger partial charge in [0.25, 0.3) is 0 Å². The van der Waals surface area contributed by atoms with E-state index in [1.165, 1.54) is 0 Å². The molecule has 138 valence electrons. The van der Waals surface area contributed by atoms with Gasteiger partial charge in [0, 0.05) is 30.8 Å². The monoisotopic (exact) mass is 375 g/mol. The summed E-state index contributed by atoms with van der Waals surface area (Å²) in [7, 11) is 0. The third-order valence-corrected chi connectivity index (χ3v) is 6.76. The Kier molecular flexibility index (Phi) is 7.25. The van der Waals surface area contributed by atoms with Crippen LogP contribution in [0.4, 0.5) is 0 Å². The van der Waals surface area contributed by atoms with Gasteiger partial charge in [-0.05, 0) is 38.5 Å². The fourth-order valence-corrected chi connectivity index (χ4v) is 5.28. The van der Waals surface area contributed by atoms with Gasteiger partial charge in [0.15, 0.2) is 0 Å². The molecule has 0 aromatic heterocycles. The molecule has 0 bridgehead atoms. The van der Waals surface area contributed by atoms with E-state index >= 15 is 0 Å². The number of piperidine rings is 1. The number of amides is 2. The first-order valence-electron chi connectivity index (χ1n) is 9.00. The van der Waals surface area contributed by atoms with Gasteiger partial charge in [-0.2, -0.15) is 0 Å². The summed E-state index contributed by atoms with van der Waals surface area (Å²) < 4.78 is 0. The minimum absolute atomic E-state index is 0. The van der Waals surface area contributed by atoms with Gasteiger partial charge >= 0.3 is 0 Å². The molecule has 0 radical (unpaired) electrons. The number of thioether (sulfide) groups is 1. The first-order chi connectivity index (χ1) is 11.1. The van der Waals surface area contributed by atoms with Crippen molar-refractivity contribution in [2.75, 3.05) is 24.7 Å². The Morgan fingerprint density at radius 3 is 2.29 bits per heavy atom. The highest BCUT2D eigenvalue weighted by molar-refractivity contribution is 7.99. The second-order valence-corrected chi connectivity index (χ2v) is 8.33. The quantitative estimate of drug-likeness (QED) is 0.820. The Bertz CT molecular complexity index is 449. The summed E-state index contributed by atoms with van der Waals surface area (Å²) in [5.41, 5.74) is 5.98. The summed E-state index contributed by atoms with van der Waals surface area (Å²) >= 11 is 1.71. The van der Waals surface area contributed by atoms with E-state index in [-0.39, 0.29) is 42.2 Å². The zero-order valence-corrected chi connectivity index (χ0v) is 16.1. The zero-order chi connectivity index (χ0) is 16.4. The molecule has 0 spiro atoms. The van der Waals surface area contributed by atoms with Crippen LogP contribution in [0.1, 0.15) is 45.4 Å². The number of nitrogens with zero attached hydrogens (tertiary/aromatic N) is 2. The molecule has 3 rings (SSSR count). The molecule has 5 nitrogen and oxygen atoms in total. The minimum atomic E-state index is -0.236. The maximum atomic E-state index is 12.9. The lowest BCUT2D eigenvalue weighted by atomic mass is 9.90. The van der Waals surface area contributed by atoms with Crippen molar-refractivity contribution in [1.82, 2.24) is 9.80 Å². The van der Waals surface area contributed by atoms with Crippen molar-refractivity contribution in [3.05, 3.63) is 0 Å². The van der Waals surface area contributed by atoms with Crippen LogP contribution in [0.5, 0.6) is 0 Å². The summed E-state index contributed by atoms with van der Waals surface area (Å²) in [6.07, 6.45) is 6.28. The standard InChI is InChI=1S/C17H29N3O2S.ClH/c1-12(18)13-6-8-19(9-7-13)17(22)15-10-23-11-20(15)16(21)14-4-2-3-5-14;/h12-15H,2-11,18H2,1H3;1H. The Morgan fingerprint density at radius 2 is 1.71 bits per heavy atom. The number of hydrogen-bond acceptors (Lipinski definition) is 4. The van der Waals surface area contributed by atoms with Crippen molar-refractivity contribution in [2.45, 2.75) is 57.5 Å². The molecule has 1 saturated carbocycles. The predicted octanol–water partition coefficient (Wildman–Crippen LogP) is 2.09. The summed E-state index contributed by atoms with van der Waals surface area (Å²) in [5, 5.41) is 0. The molecular weight excluding hydrogens is 346 g/mol. The van der Waals surface area contributed by atoms with E-state index in [9.17, 15) is 9.59 Å². The summed E-state index contributed by atoms with van der Waals surface area (Å²) in [6, 6.07) is -0.0327. The number of hydrogen-bond donors (Lipinski definition) is 1. The molecule has 2 amide bonds. The van der Waals surface area contributed by atoms with Crippen LogP contribution in [-0.4, -0.2) is 58.4 Å². The highest BCUT2D eigenvalue weighted by Gasteiger charge is 2.40. The van der Waals surface area contributed by atoms with Crippen LogP contribution in [0.3, 0.4) is 0 Å². The predicted molar refractivity (Wildman–Crippen MR) is 100 cm³/mol. The van der Waals surface area contributed by atoms with Gasteiger partial charge in [0.05, 0.1) is 5.88 Å². The van der Waals surface area contributed by atoms with E-state index in [2.05, 4.69) is 6.92 Å². The van der Waals surface area contributed by atoms with Crippen molar-refractivity contribution in [3.8, 4) is 0 Å². The van der Waals surface area contributed by atoms with E-state index in [1.807, 2.05) is 9.80 Å². The molecule has 0 aromatic rings. The lowest BCUT2D eigenvalue weighted by Crippen LogP contribution is -2.52. The highest BCUT2D eigenvalue weighted by Crippen LogP contribution is 2.32. The van der Waals surface area contributed by atoms with Crippen molar-refractivity contribution in [3.63, 3.8) is 0 Å². The minimum Gasteiger partial charge on any atom is -0.341 e. The maximum absolute atomic E-state index is 12.9. The van der Waals surface area contributed by atoms with Crippen LogP contribution in [0, 0.1) is 11.8 Å². The molecule has 3 fully saturated rings. The molecule has 2 aliphatic heterocycles. The largest absolute Gasteiger partial charge is 0.341 e. The van der Waals surface area contributed by atoms with Gasteiger partial charge in [0.2, 0.25) is 11.8 Å². The molecule has 24 heavy (non-hydrogen) atoms. The molecule has 3 aliphatic rings. The van der Waals surface area contributed by atoms with E-state index in [1.54, 1.807) is 11.8 Å². The third-order valence-electron chi connectivity index (χ3n) is 5.75. The number of rotatable bonds is 3. The SMILES string of the molecule is CC(N)C1CCN(C(=O)C2CSCN2C(=O)C2CCCC2)CC1.Cl. The van der Waals surface area contributed by atoms with Crippen LogP contribution in [-0.2, 0) is 9.59 Å². The van der Waals surface area contributed by atoms with Crippen LogP contribution >= 0.6 is 24.2 Å². The van der Waals surface area contributed by atoms with Gasteiger partial charge in [-0.25, -0.2) is 0 Å². The topological polar surface area (TPSA) is 66.6 Å². The molecule has 7 heteroatoms. The van der Waals surface area contributed by atoms with Gasteiger partial charge in [-0.3, -0.25) is 9.59 Å². The zero-order valence-electron chi connectivity index (χ0n) is 14.5. The van der Waals surface area contributed by atoms with Crippen LogP contribution < -0.4 is 5.73 Å². The molecule has 0 aromatic carbocycles. The van der Waals surface area contributed by atoms with Crippen molar-refractivity contribution in [1.29, 1.82) is 0 Å². The van der Waals surface area contributed by atoms with Crippen molar-refractivity contribution < 1.29 is 9.59 Å². The smallest absolute Gasteiger partial charge is 0.246 e. The van der Waals surface area contributed by atoms with Gasteiger partial charge in [-0.1, -0.05) is 12.8 Å². The number of nitrogens with two attached hydrogens (primary N) is 1. The Labute approximate surface area is 155 Å². The highest BCUT2D eigenvalue weighted by atomic mass is 35.5. The van der Waals surface area contributed by atoms with E-state index in [4.69, 9.17) is 5.73 Å². The molecule has 2 atom stereocenters. The summed E-state index contributed by atoms with van der Waals surface area (Å²) in [5.74, 6) is 2.49. The number of carbonyl (C=O) groups excluding carboxylic acids is 2. The molecule has 2 heterocycles. The fraction of sp³-hybridized carbons (Fsp3) is 0.882. The molecule has 2 unspecified atom stereocenters. The second kappa shape index (κ2) is 8.77. The lowest BCUT2D eigenvalue weighted by Gasteiger charge is -2.36. The molecule has 2 saturated heterocycles. The number of likely N-dealkylation sites (tertiary alicyclic amines) is 1. The van der Waals surface area contributed by atoms with E-state index in [0.29, 0.717) is 11.8 Å². The van der Waals surface area contributed by atoms with E-state index in [0.717, 1.165) is 57.4 Å². The normalized spacial score (nSPS) is 27.2. The first-order valence-corrected chi connectivity index (χ1v) is 10.2. The van der Waals surface area contributed by atoms with Crippen LogP contribution in [0.2, 0.25) is 0 Å². The van der Waals surface area contributed by atoms with Crippen LogP contribution in [0.25, 0.3) is 0 Å². The average Bonchev–Trinajstić information content (AvgIpc) is 3.25. The maximum Gasteiger partial charge on any atom is 0.246 e. The first kappa shape index (κ1) is 19.9. The number of carbonyl (C=O) groups is 2. The van der Waals surface area contributed by atoms with E-state index < -0.39 is 0 Å². The van der Waals surface area contributed by atoms with Gasteiger partial charge in [-0.15, -0.1) is 24.2 Å². The molecule has 2 N–H and O–H groups in total. The third kappa shape index (κ3) is 4.20.